The zero-order valence-electron chi connectivity index (χ0n) is 9.96. The number of hydrogen-bond acceptors (Lipinski definition) is 5. The number of aromatic nitrogens is 1. The van der Waals surface area contributed by atoms with Gasteiger partial charge in [0.15, 0.2) is 0 Å². The summed E-state index contributed by atoms with van der Waals surface area (Å²) in [5.41, 5.74) is -0.396. The highest BCUT2D eigenvalue weighted by molar-refractivity contribution is 9.10. The van der Waals surface area contributed by atoms with Gasteiger partial charge in [-0.3, -0.25) is 19.0 Å². The van der Waals surface area contributed by atoms with Gasteiger partial charge < -0.3 is 4.74 Å². The molecule has 1 unspecified atom stereocenters. The van der Waals surface area contributed by atoms with Crippen LogP contribution in [-0.2, 0) is 16.1 Å². The van der Waals surface area contributed by atoms with Gasteiger partial charge in [-0.2, -0.15) is 0 Å². The lowest BCUT2D eigenvalue weighted by molar-refractivity contribution is -0.140. The van der Waals surface area contributed by atoms with Crippen molar-refractivity contribution in [3.05, 3.63) is 44.3 Å². The van der Waals surface area contributed by atoms with Gasteiger partial charge in [-0.15, -0.1) is 0 Å². The molecule has 0 amide bonds. The molecule has 7 heteroatoms. The molecule has 2 rings (SSSR count). The van der Waals surface area contributed by atoms with Gasteiger partial charge in [0.25, 0.3) is 5.56 Å². The molecule has 0 aliphatic carbocycles. The van der Waals surface area contributed by atoms with Crippen LogP contribution in [0.15, 0.2) is 33.9 Å². The van der Waals surface area contributed by atoms with Crippen LogP contribution in [-0.4, -0.2) is 22.5 Å². The van der Waals surface area contributed by atoms with E-state index in [2.05, 4.69) is 20.7 Å². The topological polar surface area (TPSA) is 65.4 Å². The van der Waals surface area contributed by atoms with Gasteiger partial charge in [0.1, 0.15) is 4.83 Å². The van der Waals surface area contributed by atoms with Crippen LogP contribution in [0.25, 0.3) is 10.1 Å². The van der Waals surface area contributed by atoms with Crippen molar-refractivity contribution in [2.75, 3.05) is 7.11 Å². The van der Waals surface area contributed by atoms with Crippen LogP contribution >= 0.6 is 27.3 Å². The van der Waals surface area contributed by atoms with Crippen molar-refractivity contribution >= 4 is 43.3 Å². The fraction of sp³-hybridized carbons (Fsp3) is 0.250. The number of carbonyl (C=O) groups is 1. The van der Waals surface area contributed by atoms with Crippen molar-refractivity contribution in [2.45, 2.75) is 11.4 Å². The van der Waals surface area contributed by atoms with Crippen molar-refractivity contribution in [3.8, 4) is 0 Å². The molecule has 19 heavy (non-hydrogen) atoms. The molecular formula is C12H10BrNO4S. The predicted molar refractivity (Wildman–Crippen MR) is 77.1 cm³/mol. The number of esters is 1. The van der Waals surface area contributed by atoms with Crippen molar-refractivity contribution in [2.24, 2.45) is 0 Å². The molecule has 0 fully saturated rings. The third-order valence-electron chi connectivity index (χ3n) is 2.58. The Hall–Kier alpha value is -1.47. The number of alkyl halides is 1. The molecule has 0 saturated carbocycles. The van der Waals surface area contributed by atoms with E-state index in [-0.39, 0.29) is 6.54 Å². The molecule has 1 aromatic carbocycles. The monoisotopic (exact) mass is 343 g/mol. The second-order valence-corrected chi connectivity index (χ2v) is 5.87. The average molecular weight is 344 g/mol. The van der Waals surface area contributed by atoms with E-state index in [1.54, 1.807) is 24.3 Å². The van der Waals surface area contributed by atoms with Gasteiger partial charge >= 0.3 is 10.8 Å². The van der Waals surface area contributed by atoms with E-state index < -0.39 is 21.2 Å². The summed E-state index contributed by atoms with van der Waals surface area (Å²) >= 11 is 4.08. The summed E-state index contributed by atoms with van der Waals surface area (Å²) in [7, 11) is 1.25. The van der Waals surface area contributed by atoms with Crippen LogP contribution < -0.4 is 10.4 Å². The summed E-state index contributed by atoms with van der Waals surface area (Å²) in [5, 5.41) is 0.469. The van der Waals surface area contributed by atoms with E-state index in [1.165, 1.54) is 7.11 Å². The van der Waals surface area contributed by atoms with Crippen LogP contribution in [0.5, 0.6) is 0 Å². The van der Waals surface area contributed by atoms with Crippen LogP contribution in [0.3, 0.4) is 0 Å². The predicted octanol–water partition coefficient (Wildman–Crippen LogP) is 1.36. The number of hydrogen-bond donors (Lipinski definition) is 0. The number of rotatable bonds is 3. The fourth-order valence-corrected chi connectivity index (χ4v) is 2.97. The highest BCUT2D eigenvalue weighted by atomic mass is 79.9. The first-order valence-electron chi connectivity index (χ1n) is 5.39. The molecule has 0 spiro atoms. The fourth-order valence-electron chi connectivity index (χ4n) is 1.63. The molecule has 0 aliphatic heterocycles. The number of benzene rings is 1. The van der Waals surface area contributed by atoms with E-state index in [0.717, 1.165) is 15.9 Å². The lowest BCUT2D eigenvalue weighted by Gasteiger charge is -2.09. The molecule has 0 bridgehead atoms. The lowest BCUT2D eigenvalue weighted by Crippen LogP contribution is -2.36. The van der Waals surface area contributed by atoms with Gasteiger partial charge in [0.2, 0.25) is 0 Å². The third-order valence-corrected chi connectivity index (χ3v) is 4.21. The van der Waals surface area contributed by atoms with Crippen molar-refractivity contribution in [3.63, 3.8) is 0 Å². The van der Waals surface area contributed by atoms with Gasteiger partial charge in [-0.05, 0) is 12.1 Å². The molecule has 1 heterocycles. The summed E-state index contributed by atoms with van der Waals surface area (Å²) in [6.45, 7) is -0.0499. The SMILES string of the molecule is COC(=O)C(Br)Cn1c(=O)sc2ccccc2c1=O. The van der Waals surface area contributed by atoms with Crippen molar-refractivity contribution < 1.29 is 9.53 Å². The Morgan fingerprint density at radius 1 is 1.42 bits per heavy atom. The maximum Gasteiger partial charge on any atom is 0.321 e. The quantitative estimate of drug-likeness (QED) is 0.623. The Kier molecular flexibility index (Phi) is 4.16. The van der Waals surface area contributed by atoms with Gasteiger partial charge in [0.05, 0.1) is 19.0 Å². The summed E-state index contributed by atoms with van der Waals surface area (Å²) in [6.07, 6.45) is 0. The van der Waals surface area contributed by atoms with Crippen LogP contribution in [0.1, 0.15) is 0 Å². The third kappa shape index (κ3) is 2.76. The number of carbonyl (C=O) groups excluding carboxylic acids is 1. The zero-order chi connectivity index (χ0) is 14.0. The normalized spacial score (nSPS) is 12.3. The van der Waals surface area contributed by atoms with Crippen LogP contribution in [0.2, 0.25) is 0 Å². The van der Waals surface area contributed by atoms with Gasteiger partial charge in [-0.25, -0.2) is 0 Å². The lowest BCUT2D eigenvalue weighted by atomic mass is 10.3. The standard InChI is InChI=1S/C12H10BrNO4S/c1-18-11(16)8(13)6-14-10(15)7-4-2-3-5-9(7)19-12(14)17/h2-5,8H,6H2,1H3. The van der Waals surface area contributed by atoms with E-state index in [9.17, 15) is 14.4 Å². The summed E-state index contributed by atoms with van der Waals surface area (Å²) in [5.74, 6) is -0.524. The van der Waals surface area contributed by atoms with Crippen LogP contribution in [0.4, 0.5) is 0 Å². The van der Waals surface area contributed by atoms with E-state index >= 15 is 0 Å². The average Bonchev–Trinajstić information content (AvgIpc) is 2.42. The smallest absolute Gasteiger partial charge is 0.321 e. The molecule has 0 radical (unpaired) electrons. The Morgan fingerprint density at radius 2 is 2.11 bits per heavy atom. The minimum atomic E-state index is -0.726. The second-order valence-electron chi connectivity index (χ2n) is 3.77. The van der Waals surface area contributed by atoms with Crippen LogP contribution in [0, 0.1) is 0 Å². The van der Waals surface area contributed by atoms with E-state index in [1.807, 2.05) is 0 Å². The Balaban J connectivity index is 2.53. The molecule has 0 N–H and O–H groups in total. The Bertz CT molecular complexity index is 736. The van der Waals surface area contributed by atoms with E-state index in [4.69, 9.17) is 0 Å². The minimum absolute atomic E-state index is 0.0499. The summed E-state index contributed by atoms with van der Waals surface area (Å²) in [4.78, 5) is 34.3. The largest absolute Gasteiger partial charge is 0.468 e. The molecule has 1 aromatic heterocycles. The van der Waals surface area contributed by atoms with Crippen molar-refractivity contribution in [1.29, 1.82) is 0 Å². The van der Waals surface area contributed by atoms with Gasteiger partial charge in [-0.1, -0.05) is 39.4 Å². The number of fused-ring (bicyclic) bond motifs is 1. The molecule has 5 nitrogen and oxygen atoms in total. The first kappa shape index (κ1) is 14.0. The first-order chi connectivity index (χ1) is 9.04. The van der Waals surface area contributed by atoms with Gasteiger partial charge in [0, 0.05) is 4.70 Å². The zero-order valence-corrected chi connectivity index (χ0v) is 12.4. The summed E-state index contributed by atoms with van der Waals surface area (Å²) < 4.78 is 6.23. The first-order valence-corrected chi connectivity index (χ1v) is 7.12. The molecule has 100 valence electrons. The molecule has 0 aliphatic rings. The van der Waals surface area contributed by atoms with Crippen molar-refractivity contribution in [1.82, 2.24) is 4.57 Å². The number of halogens is 1. The maximum atomic E-state index is 12.2. The minimum Gasteiger partial charge on any atom is -0.468 e. The Labute approximate surface area is 120 Å². The number of nitrogens with zero attached hydrogens (tertiary/aromatic N) is 1. The molecule has 2 aromatic rings. The second kappa shape index (κ2) is 5.66. The maximum absolute atomic E-state index is 12.2. The Morgan fingerprint density at radius 3 is 2.79 bits per heavy atom. The highest BCUT2D eigenvalue weighted by Crippen LogP contribution is 2.12. The number of ether oxygens (including phenoxy) is 1. The number of methoxy groups -OCH3 is 1. The molecule has 0 saturated heterocycles. The highest BCUT2D eigenvalue weighted by Gasteiger charge is 2.18. The molecular weight excluding hydrogens is 334 g/mol. The van der Waals surface area contributed by atoms with E-state index in [0.29, 0.717) is 10.1 Å². The molecule has 1 atom stereocenters. The summed E-state index contributed by atoms with van der Waals surface area (Å²) in [6, 6.07) is 6.88.